The Bertz CT molecular complexity index is 494. The van der Waals surface area contributed by atoms with Gasteiger partial charge in [0, 0.05) is 23.9 Å². The number of thioether (sulfide) groups is 1. The number of nitrogens with one attached hydrogen (secondary N) is 1. The fourth-order valence-corrected chi connectivity index (χ4v) is 3.76. The third-order valence-electron chi connectivity index (χ3n) is 3.13. The maximum atomic E-state index is 10.8. The van der Waals surface area contributed by atoms with Gasteiger partial charge in [0.2, 0.25) is 0 Å². The van der Waals surface area contributed by atoms with Gasteiger partial charge in [-0.3, -0.25) is 10.1 Å². The summed E-state index contributed by atoms with van der Waals surface area (Å²) in [5, 5.41) is 14.7. The van der Waals surface area contributed by atoms with Crippen molar-refractivity contribution in [2.24, 2.45) is 5.41 Å². The molecule has 0 spiro atoms. The first-order valence-corrected chi connectivity index (χ1v) is 7.69. The van der Waals surface area contributed by atoms with Crippen molar-refractivity contribution >= 4 is 34.7 Å². The molecule has 19 heavy (non-hydrogen) atoms. The molecule has 4 nitrogen and oxygen atoms in total. The Kier molecular flexibility index (Phi) is 4.26. The van der Waals surface area contributed by atoms with Crippen molar-refractivity contribution in [3.8, 4) is 0 Å². The first-order chi connectivity index (χ1) is 8.87. The van der Waals surface area contributed by atoms with Gasteiger partial charge in [0.05, 0.1) is 15.6 Å². The molecular weight excluding hydrogens is 284 g/mol. The van der Waals surface area contributed by atoms with Crippen molar-refractivity contribution in [3.05, 3.63) is 33.3 Å². The summed E-state index contributed by atoms with van der Waals surface area (Å²) in [5.41, 5.74) is 1.00. The number of hydrogen-bond donors (Lipinski definition) is 1. The molecule has 1 aromatic carbocycles. The normalized spacial score (nSPS) is 21.9. The van der Waals surface area contributed by atoms with Crippen LogP contribution in [-0.4, -0.2) is 22.5 Å². The summed E-state index contributed by atoms with van der Waals surface area (Å²) < 4.78 is 0. The summed E-state index contributed by atoms with van der Waals surface area (Å²) in [7, 11) is 0. The van der Waals surface area contributed by atoms with Gasteiger partial charge in [-0.15, -0.1) is 0 Å². The zero-order valence-electron chi connectivity index (χ0n) is 11.0. The maximum absolute atomic E-state index is 10.8. The smallest absolute Gasteiger partial charge is 0.271 e. The highest BCUT2D eigenvalue weighted by molar-refractivity contribution is 7.99. The molecule has 0 saturated carbocycles. The van der Waals surface area contributed by atoms with E-state index in [2.05, 4.69) is 19.2 Å². The summed E-state index contributed by atoms with van der Waals surface area (Å²) in [6.45, 7) is 4.48. The zero-order valence-corrected chi connectivity index (χ0v) is 12.6. The monoisotopic (exact) mass is 300 g/mol. The van der Waals surface area contributed by atoms with E-state index in [1.54, 1.807) is 6.07 Å². The van der Waals surface area contributed by atoms with Crippen molar-refractivity contribution < 1.29 is 4.92 Å². The van der Waals surface area contributed by atoms with Crippen LogP contribution in [-0.2, 0) is 0 Å². The molecule has 0 bridgehead atoms. The Hall–Kier alpha value is -0.940. The number of halogens is 1. The van der Waals surface area contributed by atoms with Crippen LogP contribution in [0.15, 0.2) is 18.2 Å². The summed E-state index contributed by atoms with van der Waals surface area (Å²) in [6, 6.07) is 4.80. The molecule has 1 aromatic rings. The molecule has 0 aliphatic carbocycles. The highest BCUT2D eigenvalue weighted by Crippen LogP contribution is 2.36. The van der Waals surface area contributed by atoms with Crippen molar-refractivity contribution in [2.75, 3.05) is 16.8 Å². The van der Waals surface area contributed by atoms with Gasteiger partial charge < -0.3 is 5.32 Å². The summed E-state index contributed by atoms with van der Waals surface area (Å²) >= 11 is 8.01. The lowest BCUT2D eigenvalue weighted by atomic mass is 9.88. The lowest BCUT2D eigenvalue weighted by Crippen LogP contribution is -2.35. The van der Waals surface area contributed by atoms with Gasteiger partial charge in [-0.05, 0) is 23.7 Å². The lowest BCUT2D eigenvalue weighted by Gasteiger charge is -2.35. The predicted molar refractivity (Wildman–Crippen MR) is 81.2 cm³/mol. The molecule has 1 heterocycles. The van der Waals surface area contributed by atoms with E-state index in [1.165, 1.54) is 12.1 Å². The molecule has 1 N–H and O–H groups in total. The lowest BCUT2D eigenvalue weighted by molar-refractivity contribution is -0.384. The number of nitro groups is 1. The van der Waals surface area contributed by atoms with E-state index in [4.69, 9.17) is 11.6 Å². The minimum atomic E-state index is -0.402. The molecule has 1 saturated heterocycles. The molecule has 1 unspecified atom stereocenters. The largest absolute Gasteiger partial charge is 0.380 e. The number of nitrogens with zero attached hydrogens (tertiary/aromatic N) is 1. The third kappa shape index (κ3) is 3.76. The SMILES string of the molecule is CC1(C)CSCC(Nc2cc([N+](=O)[O-])ccc2Cl)C1. The average Bonchev–Trinajstić information content (AvgIpc) is 2.30. The zero-order chi connectivity index (χ0) is 14.0. The first kappa shape index (κ1) is 14.5. The van der Waals surface area contributed by atoms with Crippen LogP contribution in [0.2, 0.25) is 5.02 Å². The Balaban J connectivity index is 2.14. The average molecular weight is 301 g/mol. The van der Waals surface area contributed by atoms with Gasteiger partial charge in [0.1, 0.15) is 0 Å². The third-order valence-corrected chi connectivity index (χ3v) is 5.08. The fourth-order valence-electron chi connectivity index (χ4n) is 2.31. The van der Waals surface area contributed by atoms with E-state index < -0.39 is 4.92 Å². The van der Waals surface area contributed by atoms with Gasteiger partial charge in [0.25, 0.3) is 5.69 Å². The molecule has 104 valence electrons. The van der Waals surface area contributed by atoms with Crippen molar-refractivity contribution in [3.63, 3.8) is 0 Å². The Labute approximate surface area is 122 Å². The molecule has 2 rings (SSSR count). The van der Waals surface area contributed by atoms with E-state index in [1.807, 2.05) is 11.8 Å². The first-order valence-electron chi connectivity index (χ1n) is 6.16. The van der Waals surface area contributed by atoms with Crippen LogP contribution >= 0.6 is 23.4 Å². The minimum absolute atomic E-state index is 0.0645. The summed E-state index contributed by atoms with van der Waals surface area (Å²) in [6.07, 6.45) is 1.04. The fraction of sp³-hybridized carbons (Fsp3) is 0.538. The molecule has 1 aliphatic rings. The van der Waals surface area contributed by atoms with Crippen molar-refractivity contribution in [1.29, 1.82) is 0 Å². The second kappa shape index (κ2) is 5.59. The molecule has 0 amide bonds. The van der Waals surface area contributed by atoms with E-state index in [9.17, 15) is 10.1 Å². The number of anilines is 1. The highest BCUT2D eigenvalue weighted by atomic mass is 35.5. The van der Waals surface area contributed by atoms with Crippen LogP contribution in [0.1, 0.15) is 20.3 Å². The molecule has 0 radical (unpaired) electrons. The second-order valence-electron chi connectivity index (χ2n) is 5.65. The number of nitro benzene ring substituents is 1. The Morgan fingerprint density at radius 3 is 2.89 bits per heavy atom. The molecule has 6 heteroatoms. The van der Waals surface area contributed by atoms with E-state index >= 15 is 0 Å². The standard InChI is InChI=1S/C13H17ClN2O2S/c1-13(2)6-9(7-19-8-13)15-12-5-10(16(17)18)3-4-11(12)14/h3-5,9,15H,6-8H2,1-2H3. The minimum Gasteiger partial charge on any atom is -0.380 e. The van der Waals surface area contributed by atoms with E-state index in [-0.39, 0.29) is 11.1 Å². The Morgan fingerprint density at radius 2 is 2.26 bits per heavy atom. The number of benzene rings is 1. The quantitative estimate of drug-likeness (QED) is 0.671. The van der Waals surface area contributed by atoms with Gasteiger partial charge in [-0.2, -0.15) is 11.8 Å². The van der Waals surface area contributed by atoms with Crippen LogP contribution in [0.25, 0.3) is 0 Å². The number of non-ortho nitro benzene ring substituents is 1. The van der Waals surface area contributed by atoms with Gasteiger partial charge in [0.15, 0.2) is 0 Å². The van der Waals surface area contributed by atoms with Gasteiger partial charge in [-0.25, -0.2) is 0 Å². The molecule has 0 aromatic heterocycles. The maximum Gasteiger partial charge on any atom is 0.271 e. The van der Waals surface area contributed by atoms with E-state index in [0.717, 1.165) is 17.9 Å². The van der Waals surface area contributed by atoms with Crippen LogP contribution in [0, 0.1) is 15.5 Å². The van der Waals surface area contributed by atoms with Crippen molar-refractivity contribution in [2.45, 2.75) is 26.3 Å². The van der Waals surface area contributed by atoms with Crippen molar-refractivity contribution in [1.82, 2.24) is 0 Å². The number of hydrogen-bond acceptors (Lipinski definition) is 4. The number of rotatable bonds is 3. The van der Waals surface area contributed by atoms with E-state index in [0.29, 0.717) is 16.8 Å². The molecule has 1 fully saturated rings. The molecular formula is C13H17ClN2O2S. The van der Waals surface area contributed by atoms with Crippen LogP contribution in [0.4, 0.5) is 11.4 Å². The Morgan fingerprint density at radius 1 is 1.53 bits per heavy atom. The van der Waals surface area contributed by atoms with Gasteiger partial charge >= 0.3 is 0 Å². The molecule has 1 aliphatic heterocycles. The van der Waals surface area contributed by atoms with Crippen LogP contribution < -0.4 is 5.32 Å². The summed E-state index contributed by atoms with van der Waals surface area (Å²) in [5.74, 6) is 2.15. The topological polar surface area (TPSA) is 55.2 Å². The van der Waals surface area contributed by atoms with Crippen LogP contribution in [0.3, 0.4) is 0 Å². The molecule has 1 atom stereocenters. The van der Waals surface area contributed by atoms with Crippen LogP contribution in [0.5, 0.6) is 0 Å². The summed E-state index contributed by atoms with van der Waals surface area (Å²) in [4.78, 5) is 10.4. The highest BCUT2D eigenvalue weighted by Gasteiger charge is 2.28. The van der Waals surface area contributed by atoms with Gasteiger partial charge in [-0.1, -0.05) is 25.4 Å². The second-order valence-corrected chi connectivity index (χ2v) is 7.08. The predicted octanol–water partition coefficient (Wildman–Crippen LogP) is 4.19.